The van der Waals surface area contributed by atoms with Crippen molar-refractivity contribution >= 4 is 17.9 Å². The molecule has 0 unspecified atom stereocenters. The topological polar surface area (TPSA) is 78.9 Å². The molecule has 0 spiro atoms. The zero-order chi connectivity index (χ0) is 48.6. The van der Waals surface area contributed by atoms with Crippen LogP contribution in [0.5, 0.6) is 0 Å². The van der Waals surface area contributed by atoms with Crippen molar-refractivity contribution in [1.29, 1.82) is 0 Å². The van der Waals surface area contributed by atoms with Gasteiger partial charge in [0.1, 0.15) is 13.2 Å². The highest BCUT2D eigenvalue weighted by molar-refractivity contribution is 5.71. The van der Waals surface area contributed by atoms with Crippen LogP contribution in [0.25, 0.3) is 0 Å². The standard InChI is InChI=1S/C61H108O6/c1-4-7-10-13-16-19-22-24-26-28-30-32-34-36-39-42-45-48-51-54-60(63)66-57-58(56-65-59(62)53-50-47-44-41-38-21-18-15-12-9-6-3)67-61(64)55-52-49-46-43-40-37-35-33-31-29-27-25-23-20-17-14-11-8-5-2/h16,19,24-27,30,32,36,39,58H,4-15,17-18,20-23,28-29,31,33-35,37-38,40-57H2,1-3H3/b19-16-,26-24-,27-25-,32-30-,39-36-/t58-/m0/s1. The van der Waals surface area contributed by atoms with E-state index < -0.39 is 6.10 Å². The predicted molar refractivity (Wildman–Crippen MR) is 288 cm³/mol. The maximum absolute atomic E-state index is 12.8. The molecule has 0 saturated carbocycles. The molecule has 0 aromatic heterocycles. The maximum Gasteiger partial charge on any atom is 0.306 e. The van der Waals surface area contributed by atoms with Crippen molar-refractivity contribution in [2.75, 3.05) is 13.2 Å². The molecule has 1 atom stereocenters. The van der Waals surface area contributed by atoms with Crippen LogP contribution in [0.15, 0.2) is 60.8 Å². The van der Waals surface area contributed by atoms with Crippen LogP contribution in [0.3, 0.4) is 0 Å². The van der Waals surface area contributed by atoms with E-state index in [4.69, 9.17) is 14.2 Å². The van der Waals surface area contributed by atoms with Crippen molar-refractivity contribution in [1.82, 2.24) is 0 Å². The predicted octanol–water partition coefficient (Wildman–Crippen LogP) is 19.2. The van der Waals surface area contributed by atoms with Gasteiger partial charge in [0.05, 0.1) is 0 Å². The summed E-state index contributed by atoms with van der Waals surface area (Å²) in [6, 6.07) is 0. The van der Waals surface area contributed by atoms with Gasteiger partial charge in [-0.2, -0.15) is 0 Å². The Morgan fingerprint density at radius 1 is 0.299 bits per heavy atom. The van der Waals surface area contributed by atoms with Gasteiger partial charge in [-0.05, 0) is 89.9 Å². The molecule has 0 radical (unpaired) electrons. The first kappa shape index (κ1) is 64.1. The molecule has 67 heavy (non-hydrogen) atoms. The Bertz CT molecular complexity index is 1210. The van der Waals surface area contributed by atoms with E-state index >= 15 is 0 Å². The number of carbonyl (C=O) groups is 3. The minimum atomic E-state index is -0.786. The number of allylic oxidation sites excluding steroid dienone is 10. The van der Waals surface area contributed by atoms with Crippen molar-refractivity contribution in [3.05, 3.63) is 60.8 Å². The Balaban J connectivity index is 4.38. The van der Waals surface area contributed by atoms with Gasteiger partial charge in [0.2, 0.25) is 0 Å². The van der Waals surface area contributed by atoms with Gasteiger partial charge in [-0.25, -0.2) is 0 Å². The first-order chi connectivity index (χ1) is 33.0. The number of carbonyl (C=O) groups excluding carboxylic acids is 3. The van der Waals surface area contributed by atoms with Crippen molar-refractivity contribution < 1.29 is 28.6 Å². The highest BCUT2D eigenvalue weighted by Gasteiger charge is 2.19. The SMILES string of the molecule is CCCCC/C=C\C/C=C\C/C=C\C/C=C\CCCCCC(=O)OC[C@H](COC(=O)CCCCCCCCCCCCC)OC(=O)CCCCCCCCCCC/C=C\CCCCCCCC. The summed E-state index contributed by atoms with van der Waals surface area (Å²) in [5, 5.41) is 0. The normalized spacial score (nSPS) is 12.5. The van der Waals surface area contributed by atoms with Crippen LogP contribution >= 0.6 is 0 Å². The minimum Gasteiger partial charge on any atom is -0.462 e. The number of unbranched alkanes of at least 4 members (excludes halogenated alkanes) is 31. The molecule has 0 amide bonds. The largest absolute Gasteiger partial charge is 0.462 e. The molecule has 0 saturated heterocycles. The molecule has 0 aromatic carbocycles. The van der Waals surface area contributed by atoms with E-state index in [1.165, 1.54) is 167 Å². The van der Waals surface area contributed by atoms with Gasteiger partial charge in [-0.1, -0.05) is 242 Å². The fraction of sp³-hybridized carbons (Fsp3) is 0.787. The first-order valence-electron chi connectivity index (χ1n) is 28.8. The van der Waals surface area contributed by atoms with Gasteiger partial charge < -0.3 is 14.2 Å². The highest BCUT2D eigenvalue weighted by Crippen LogP contribution is 2.15. The second-order valence-corrected chi connectivity index (χ2v) is 19.2. The smallest absolute Gasteiger partial charge is 0.306 e. The Morgan fingerprint density at radius 2 is 0.537 bits per heavy atom. The van der Waals surface area contributed by atoms with E-state index in [9.17, 15) is 14.4 Å². The number of hydrogen-bond acceptors (Lipinski definition) is 6. The summed E-state index contributed by atoms with van der Waals surface area (Å²) >= 11 is 0. The van der Waals surface area contributed by atoms with Crippen LogP contribution in [0.4, 0.5) is 0 Å². The molecule has 6 nitrogen and oxygen atoms in total. The second-order valence-electron chi connectivity index (χ2n) is 19.2. The fourth-order valence-corrected chi connectivity index (χ4v) is 8.13. The fourth-order valence-electron chi connectivity index (χ4n) is 8.13. The van der Waals surface area contributed by atoms with E-state index in [2.05, 4.69) is 81.5 Å². The molecule has 0 aromatic rings. The van der Waals surface area contributed by atoms with Crippen LogP contribution in [-0.4, -0.2) is 37.2 Å². The zero-order valence-corrected chi connectivity index (χ0v) is 44.4. The average molecular weight is 938 g/mol. The van der Waals surface area contributed by atoms with Gasteiger partial charge in [0.25, 0.3) is 0 Å². The maximum atomic E-state index is 12.8. The minimum absolute atomic E-state index is 0.0829. The lowest BCUT2D eigenvalue weighted by Crippen LogP contribution is -2.30. The van der Waals surface area contributed by atoms with Crippen LogP contribution in [0.2, 0.25) is 0 Å². The van der Waals surface area contributed by atoms with Crippen LogP contribution in [0, 0.1) is 0 Å². The van der Waals surface area contributed by atoms with E-state index in [1.54, 1.807) is 0 Å². The zero-order valence-electron chi connectivity index (χ0n) is 44.4. The average Bonchev–Trinajstić information content (AvgIpc) is 3.33. The lowest BCUT2D eigenvalue weighted by atomic mass is 10.1. The Labute approximate surface area is 415 Å². The van der Waals surface area contributed by atoms with E-state index in [1.807, 2.05) is 0 Å². The summed E-state index contributed by atoms with van der Waals surface area (Å²) in [4.78, 5) is 38.1. The molecule has 0 aliphatic carbocycles. The summed E-state index contributed by atoms with van der Waals surface area (Å²) < 4.78 is 16.8. The number of rotatable bonds is 52. The van der Waals surface area contributed by atoms with Crippen LogP contribution in [-0.2, 0) is 28.6 Å². The molecule has 0 rings (SSSR count). The summed E-state index contributed by atoms with van der Waals surface area (Å²) in [5.74, 6) is -0.907. The molecule has 0 fully saturated rings. The van der Waals surface area contributed by atoms with Gasteiger partial charge in [-0.3, -0.25) is 14.4 Å². The third-order valence-corrected chi connectivity index (χ3v) is 12.5. The van der Waals surface area contributed by atoms with E-state index in [-0.39, 0.29) is 31.1 Å². The molecule has 0 bridgehead atoms. The third-order valence-electron chi connectivity index (χ3n) is 12.5. The number of ether oxygens (including phenoxy) is 3. The molecule has 388 valence electrons. The quantitative estimate of drug-likeness (QED) is 0.0262. The van der Waals surface area contributed by atoms with Gasteiger partial charge in [0.15, 0.2) is 6.10 Å². The van der Waals surface area contributed by atoms with Crippen molar-refractivity contribution in [3.63, 3.8) is 0 Å². The number of esters is 3. The van der Waals surface area contributed by atoms with Crippen molar-refractivity contribution in [3.8, 4) is 0 Å². The second kappa shape index (κ2) is 55.7. The lowest BCUT2D eigenvalue weighted by Gasteiger charge is -2.18. The molecule has 6 heteroatoms. The first-order valence-corrected chi connectivity index (χ1v) is 28.8. The van der Waals surface area contributed by atoms with Crippen molar-refractivity contribution in [2.45, 2.75) is 297 Å². The molecule has 0 heterocycles. The summed E-state index contributed by atoms with van der Waals surface area (Å²) in [5.41, 5.74) is 0. The molecule has 0 N–H and O–H groups in total. The monoisotopic (exact) mass is 937 g/mol. The van der Waals surface area contributed by atoms with Gasteiger partial charge in [0, 0.05) is 19.3 Å². The highest BCUT2D eigenvalue weighted by atomic mass is 16.6. The molecule has 0 aliphatic heterocycles. The van der Waals surface area contributed by atoms with E-state index in [0.29, 0.717) is 19.3 Å². The molecule has 0 aliphatic rings. The molecular weight excluding hydrogens is 829 g/mol. The lowest BCUT2D eigenvalue weighted by molar-refractivity contribution is -0.167. The number of hydrogen-bond donors (Lipinski definition) is 0. The summed E-state index contributed by atoms with van der Waals surface area (Å²) in [6.07, 6.45) is 69.2. The molecular formula is C61H108O6. The van der Waals surface area contributed by atoms with Crippen LogP contribution in [0.1, 0.15) is 290 Å². The third kappa shape index (κ3) is 53.9. The van der Waals surface area contributed by atoms with Gasteiger partial charge >= 0.3 is 17.9 Å². The Kier molecular flexibility index (Phi) is 53.3. The van der Waals surface area contributed by atoms with Crippen molar-refractivity contribution in [2.24, 2.45) is 0 Å². The van der Waals surface area contributed by atoms with Gasteiger partial charge in [-0.15, -0.1) is 0 Å². The van der Waals surface area contributed by atoms with E-state index in [0.717, 1.165) is 83.5 Å². The Morgan fingerprint density at radius 3 is 0.896 bits per heavy atom. The Hall–Kier alpha value is -2.89. The van der Waals surface area contributed by atoms with Crippen LogP contribution < -0.4 is 0 Å². The summed E-state index contributed by atoms with van der Waals surface area (Å²) in [6.45, 7) is 6.59. The summed E-state index contributed by atoms with van der Waals surface area (Å²) in [7, 11) is 0.